The number of esters is 1. The third-order valence-electron chi connectivity index (χ3n) is 5.20. The van der Waals surface area contributed by atoms with Gasteiger partial charge in [0.25, 0.3) is 11.8 Å². The van der Waals surface area contributed by atoms with Crippen molar-refractivity contribution >= 4 is 41.0 Å². The van der Waals surface area contributed by atoms with Crippen molar-refractivity contribution in [3.05, 3.63) is 64.7 Å². The summed E-state index contributed by atoms with van der Waals surface area (Å²) in [5, 5.41) is 4.01. The number of para-hydroxylation sites is 1. The number of carbonyl (C=O) groups excluding carboxylic acids is 4. The number of nitrogens with one attached hydrogen (secondary N) is 2. The van der Waals surface area contributed by atoms with Crippen molar-refractivity contribution in [1.29, 1.82) is 0 Å². The third kappa shape index (κ3) is 6.32. The van der Waals surface area contributed by atoms with Crippen LogP contribution in [0.1, 0.15) is 43.1 Å². The first-order valence-corrected chi connectivity index (χ1v) is 10.9. The Labute approximate surface area is 197 Å². The van der Waals surface area contributed by atoms with E-state index in [1.54, 1.807) is 36.4 Å². The monoisotopic (exact) mass is 471 g/mol. The largest absolute Gasteiger partial charge is 0.455 e. The number of nitrogens with zero attached hydrogens (tertiary/aromatic N) is 1. The predicted octanol–water partition coefficient (Wildman–Crippen LogP) is 3.31. The van der Waals surface area contributed by atoms with Gasteiger partial charge < -0.3 is 10.1 Å². The number of hydrazine groups is 1. The molecule has 9 heteroatoms. The molecule has 1 atom stereocenters. The first-order valence-electron chi connectivity index (χ1n) is 10.5. The van der Waals surface area contributed by atoms with Gasteiger partial charge in [0, 0.05) is 12.0 Å². The van der Waals surface area contributed by atoms with Crippen LogP contribution >= 0.6 is 11.6 Å². The van der Waals surface area contributed by atoms with Gasteiger partial charge in [-0.1, -0.05) is 56.6 Å². The van der Waals surface area contributed by atoms with Gasteiger partial charge in [0.15, 0.2) is 6.61 Å². The molecule has 3 rings (SSSR count). The smallest absolute Gasteiger partial charge is 0.311 e. The molecule has 0 radical (unpaired) electrons. The maximum absolute atomic E-state index is 12.5. The Bertz CT molecular complexity index is 1060. The Morgan fingerprint density at radius 3 is 2.39 bits per heavy atom. The Kier molecular flexibility index (Phi) is 7.38. The summed E-state index contributed by atoms with van der Waals surface area (Å²) in [7, 11) is 0. The van der Waals surface area contributed by atoms with E-state index in [0.717, 1.165) is 10.6 Å². The summed E-state index contributed by atoms with van der Waals surface area (Å²) in [4.78, 5) is 49.1. The van der Waals surface area contributed by atoms with Crippen molar-refractivity contribution < 1.29 is 23.9 Å². The minimum atomic E-state index is -0.783. The van der Waals surface area contributed by atoms with E-state index >= 15 is 0 Å². The van der Waals surface area contributed by atoms with Gasteiger partial charge in [0.1, 0.15) is 0 Å². The fourth-order valence-corrected chi connectivity index (χ4v) is 3.47. The number of amides is 3. The molecule has 0 saturated carbocycles. The zero-order valence-electron chi connectivity index (χ0n) is 18.7. The second-order valence-corrected chi connectivity index (χ2v) is 9.22. The van der Waals surface area contributed by atoms with Crippen LogP contribution in [-0.4, -0.2) is 41.9 Å². The van der Waals surface area contributed by atoms with Gasteiger partial charge in [-0.15, -0.1) is 0 Å². The van der Waals surface area contributed by atoms with Crippen molar-refractivity contribution in [2.45, 2.75) is 32.6 Å². The van der Waals surface area contributed by atoms with E-state index in [0.29, 0.717) is 16.3 Å². The summed E-state index contributed by atoms with van der Waals surface area (Å²) >= 11 is 5.98. The van der Waals surface area contributed by atoms with E-state index < -0.39 is 36.2 Å². The van der Waals surface area contributed by atoms with E-state index in [-0.39, 0.29) is 18.4 Å². The third-order valence-corrected chi connectivity index (χ3v) is 5.53. The lowest BCUT2D eigenvalue weighted by atomic mass is 9.87. The standard InChI is InChI=1S/C24H26ClN3O5/c1-24(2,3)17-10-8-15(9-11-17)22(31)27-28-13-16(12-21(28)30)23(32)33-14-20(29)26-19-7-5-4-6-18(19)25/h4-11,16H,12-14H2,1-3H3,(H,26,29)(H,27,31)/t16-/m0/s1. The number of ether oxygens (including phenoxy) is 1. The van der Waals surface area contributed by atoms with Crippen LogP contribution in [0.3, 0.4) is 0 Å². The molecule has 2 N–H and O–H groups in total. The summed E-state index contributed by atoms with van der Waals surface area (Å²) in [6, 6.07) is 13.8. The van der Waals surface area contributed by atoms with Crippen LogP contribution in [0.5, 0.6) is 0 Å². The molecule has 2 aromatic rings. The van der Waals surface area contributed by atoms with Gasteiger partial charge in [0.2, 0.25) is 5.91 Å². The summed E-state index contributed by atoms with van der Waals surface area (Å²) in [6.45, 7) is 5.68. The van der Waals surface area contributed by atoms with Gasteiger partial charge in [-0.2, -0.15) is 0 Å². The minimum Gasteiger partial charge on any atom is -0.455 e. The highest BCUT2D eigenvalue weighted by atomic mass is 35.5. The SMILES string of the molecule is CC(C)(C)c1ccc(C(=O)NN2C[C@@H](C(=O)OCC(=O)Nc3ccccc3Cl)CC2=O)cc1. The molecule has 0 spiro atoms. The van der Waals surface area contributed by atoms with E-state index in [1.165, 1.54) is 0 Å². The summed E-state index contributed by atoms with van der Waals surface area (Å²) in [5.74, 6) is -2.88. The summed E-state index contributed by atoms with van der Waals surface area (Å²) < 4.78 is 5.05. The molecular formula is C24H26ClN3O5. The second kappa shape index (κ2) is 10.0. The molecule has 3 amide bonds. The van der Waals surface area contributed by atoms with Gasteiger partial charge in [-0.05, 0) is 35.2 Å². The highest BCUT2D eigenvalue weighted by molar-refractivity contribution is 6.33. The number of benzene rings is 2. The Morgan fingerprint density at radius 1 is 1.09 bits per heavy atom. The molecule has 33 heavy (non-hydrogen) atoms. The van der Waals surface area contributed by atoms with Crippen LogP contribution in [-0.2, 0) is 24.5 Å². The van der Waals surface area contributed by atoms with Crippen molar-refractivity contribution in [3.63, 3.8) is 0 Å². The maximum Gasteiger partial charge on any atom is 0.311 e. The van der Waals surface area contributed by atoms with Crippen LogP contribution in [0.15, 0.2) is 48.5 Å². The predicted molar refractivity (Wildman–Crippen MR) is 123 cm³/mol. The first-order chi connectivity index (χ1) is 15.5. The quantitative estimate of drug-likeness (QED) is 0.629. The highest BCUT2D eigenvalue weighted by Gasteiger charge is 2.36. The average Bonchev–Trinajstić information content (AvgIpc) is 3.13. The molecule has 0 unspecified atom stereocenters. The average molecular weight is 472 g/mol. The molecule has 1 saturated heterocycles. The normalized spacial score (nSPS) is 15.8. The van der Waals surface area contributed by atoms with Crippen LogP contribution in [0.4, 0.5) is 5.69 Å². The fourth-order valence-electron chi connectivity index (χ4n) is 3.29. The van der Waals surface area contributed by atoms with E-state index in [1.807, 2.05) is 12.1 Å². The molecular weight excluding hydrogens is 446 g/mol. The zero-order chi connectivity index (χ0) is 24.2. The Hall–Kier alpha value is -3.39. The molecule has 1 fully saturated rings. The second-order valence-electron chi connectivity index (χ2n) is 8.81. The van der Waals surface area contributed by atoms with Crippen molar-refractivity contribution in [1.82, 2.24) is 10.4 Å². The molecule has 0 aliphatic carbocycles. The summed E-state index contributed by atoms with van der Waals surface area (Å²) in [5.41, 5.74) is 4.38. The highest BCUT2D eigenvalue weighted by Crippen LogP contribution is 2.23. The van der Waals surface area contributed by atoms with Crippen LogP contribution < -0.4 is 10.7 Å². The molecule has 174 valence electrons. The lowest BCUT2D eigenvalue weighted by molar-refractivity contribution is -0.151. The molecule has 1 aliphatic heterocycles. The van der Waals surface area contributed by atoms with Gasteiger partial charge in [-0.25, -0.2) is 0 Å². The van der Waals surface area contributed by atoms with E-state index in [4.69, 9.17) is 16.3 Å². The number of carbonyl (C=O) groups is 4. The molecule has 2 aromatic carbocycles. The van der Waals surface area contributed by atoms with Crippen molar-refractivity contribution in [2.75, 3.05) is 18.5 Å². The zero-order valence-corrected chi connectivity index (χ0v) is 19.4. The molecule has 8 nitrogen and oxygen atoms in total. The number of anilines is 1. The summed E-state index contributed by atoms with van der Waals surface area (Å²) in [6.07, 6.45) is -0.117. The van der Waals surface area contributed by atoms with Gasteiger partial charge in [-0.3, -0.25) is 29.6 Å². The number of halogens is 1. The van der Waals surface area contributed by atoms with Crippen molar-refractivity contribution in [2.24, 2.45) is 5.92 Å². The lowest BCUT2D eigenvalue weighted by Gasteiger charge is -2.20. The molecule has 1 heterocycles. The van der Waals surface area contributed by atoms with Gasteiger partial charge in [0.05, 0.1) is 23.2 Å². The molecule has 0 aromatic heterocycles. The number of hydrogen-bond acceptors (Lipinski definition) is 5. The Morgan fingerprint density at radius 2 is 1.76 bits per heavy atom. The van der Waals surface area contributed by atoms with E-state index in [2.05, 4.69) is 31.5 Å². The molecule has 0 bridgehead atoms. The van der Waals surface area contributed by atoms with Crippen LogP contribution in [0, 0.1) is 5.92 Å². The first kappa shape index (κ1) is 24.3. The molecule has 1 aliphatic rings. The Balaban J connectivity index is 1.50. The van der Waals surface area contributed by atoms with Crippen LogP contribution in [0.25, 0.3) is 0 Å². The topological polar surface area (TPSA) is 105 Å². The number of rotatable bonds is 6. The van der Waals surface area contributed by atoms with Crippen molar-refractivity contribution in [3.8, 4) is 0 Å². The van der Waals surface area contributed by atoms with E-state index in [9.17, 15) is 19.2 Å². The maximum atomic E-state index is 12.5. The van der Waals surface area contributed by atoms with Crippen LogP contribution in [0.2, 0.25) is 5.02 Å². The number of hydrogen-bond donors (Lipinski definition) is 2. The minimum absolute atomic E-state index is 0.0321. The van der Waals surface area contributed by atoms with Gasteiger partial charge >= 0.3 is 5.97 Å². The fraction of sp³-hybridized carbons (Fsp3) is 0.333. The lowest BCUT2D eigenvalue weighted by Crippen LogP contribution is -2.43.